The summed E-state index contributed by atoms with van der Waals surface area (Å²) in [5.41, 5.74) is 0.294. The molecule has 1 heterocycles. The molecule has 1 atom stereocenters. The number of carbonyl (C=O) groups excluding carboxylic acids is 2. The number of hydrogen-bond acceptors (Lipinski definition) is 3. The number of nitrogens with zero attached hydrogens (tertiary/aromatic N) is 2. The molecule has 1 unspecified atom stereocenters. The summed E-state index contributed by atoms with van der Waals surface area (Å²) in [5, 5.41) is 9.61. The smallest absolute Gasteiger partial charge is 0.349 e. The maximum Gasteiger partial charge on any atom is 0.416 e. The molecule has 0 saturated carbocycles. The minimum atomic E-state index is -4.56. The van der Waals surface area contributed by atoms with Crippen molar-refractivity contribution in [3.63, 3.8) is 0 Å². The minimum absolute atomic E-state index is 0.0219. The van der Waals surface area contributed by atoms with Crippen LogP contribution >= 0.6 is 11.6 Å². The molecule has 32 heavy (non-hydrogen) atoms. The number of rotatable bonds is 6. The van der Waals surface area contributed by atoms with Crippen LogP contribution in [0.4, 0.5) is 19.0 Å². The number of hydrogen-bond donors (Lipinski definition) is 2. The molecule has 0 aliphatic rings. The van der Waals surface area contributed by atoms with Gasteiger partial charge >= 0.3 is 6.18 Å². The maximum absolute atomic E-state index is 13.2. The molecule has 3 rings (SSSR count). The third-order valence-electron chi connectivity index (χ3n) is 4.57. The van der Waals surface area contributed by atoms with E-state index in [-0.39, 0.29) is 28.9 Å². The molecule has 0 fully saturated rings. The molecule has 168 valence electrons. The van der Waals surface area contributed by atoms with E-state index in [0.29, 0.717) is 5.69 Å². The van der Waals surface area contributed by atoms with E-state index in [9.17, 15) is 22.8 Å². The minimum Gasteiger partial charge on any atom is -0.349 e. The average molecular weight is 465 g/mol. The first kappa shape index (κ1) is 23.3. The molecule has 3 aromatic rings. The molecule has 2 N–H and O–H groups in total. The van der Waals surface area contributed by atoms with Crippen molar-refractivity contribution in [2.75, 3.05) is 5.32 Å². The SMILES string of the molecule is CC(=O)NC(CC(=O)Nc1cc(C)nn1-c1cc(C(F)(F)F)ccc1Cl)c1ccccc1. The summed E-state index contributed by atoms with van der Waals surface area (Å²) < 4.78 is 40.6. The first-order chi connectivity index (χ1) is 15.0. The van der Waals surface area contributed by atoms with E-state index in [1.807, 2.05) is 6.07 Å². The van der Waals surface area contributed by atoms with Crippen LogP contribution in [0.1, 0.15) is 36.2 Å². The topological polar surface area (TPSA) is 76.0 Å². The second-order valence-corrected chi connectivity index (χ2v) is 7.57. The van der Waals surface area contributed by atoms with Crippen molar-refractivity contribution in [1.82, 2.24) is 15.1 Å². The highest BCUT2D eigenvalue weighted by molar-refractivity contribution is 6.32. The van der Waals surface area contributed by atoms with Crippen LogP contribution in [0.15, 0.2) is 54.6 Å². The van der Waals surface area contributed by atoms with Gasteiger partial charge in [-0.05, 0) is 30.7 Å². The van der Waals surface area contributed by atoms with E-state index < -0.39 is 23.7 Å². The maximum atomic E-state index is 13.2. The first-order valence-corrected chi connectivity index (χ1v) is 9.98. The van der Waals surface area contributed by atoms with Crippen molar-refractivity contribution < 1.29 is 22.8 Å². The standard InChI is InChI=1S/C22H20ClF3N4O2/c1-13-10-20(30(29-13)19-11-16(22(24,25)26)8-9-17(19)23)28-21(32)12-18(27-14(2)31)15-6-4-3-5-7-15/h3-11,18H,12H2,1-2H3,(H,27,31)(H,28,32). The molecule has 1 aromatic heterocycles. The molecule has 0 aliphatic carbocycles. The van der Waals surface area contributed by atoms with Crippen LogP contribution < -0.4 is 10.6 Å². The monoisotopic (exact) mass is 464 g/mol. The molecule has 6 nitrogen and oxygen atoms in total. The summed E-state index contributed by atoms with van der Waals surface area (Å²) in [6.45, 7) is 2.99. The highest BCUT2D eigenvalue weighted by Gasteiger charge is 2.31. The Balaban J connectivity index is 1.88. The van der Waals surface area contributed by atoms with Gasteiger partial charge in [-0.2, -0.15) is 18.3 Å². The van der Waals surface area contributed by atoms with Crippen molar-refractivity contribution >= 4 is 29.2 Å². The number of aryl methyl sites for hydroxylation is 1. The van der Waals surface area contributed by atoms with Crippen molar-refractivity contribution in [2.45, 2.75) is 32.5 Å². The molecule has 0 bridgehead atoms. The molecular formula is C22H20ClF3N4O2. The number of benzene rings is 2. The van der Waals surface area contributed by atoms with Gasteiger partial charge in [0.25, 0.3) is 0 Å². The summed E-state index contributed by atoms with van der Waals surface area (Å²) >= 11 is 6.13. The Labute approximate surface area is 187 Å². The van der Waals surface area contributed by atoms with Crippen LogP contribution in [0.5, 0.6) is 0 Å². The summed E-state index contributed by atoms with van der Waals surface area (Å²) in [5.74, 6) is -0.608. The summed E-state index contributed by atoms with van der Waals surface area (Å²) in [7, 11) is 0. The Bertz CT molecular complexity index is 1130. The zero-order valence-corrected chi connectivity index (χ0v) is 18.0. The Morgan fingerprint density at radius 1 is 1.12 bits per heavy atom. The molecule has 0 radical (unpaired) electrons. The number of anilines is 1. The van der Waals surface area contributed by atoms with Gasteiger partial charge in [-0.25, -0.2) is 4.68 Å². The molecular weight excluding hydrogens is 445 g/mol. The second-order valence-electron chi connectivity index (χ2n) is 7.16. The zero-order chi connectivity index (χ0) is 23.5. The van der Waals surface area contributed by atoms with Crippen molar-refractivity contribution in [3.8, 4) is 5.69 Å². The lowest BCUT2D eigenvalue weighted by molar-refractivity contribution is -0.137. The van der Waals surface area contributed by atoms with Gasteiger partial charge in [0.05, 0.1) is 34.4 Å². The summed E-state index contributed by atoms with van der Waals surface area (Å²) in [6, 6.07) is 12.8. The first-order valence-electron chi connectivity index (χ1n) is 9.60. The fourth-order valence-electron chi connectivity index (χ4n) is 3.19. The highest BCUT2D eigenvalue weighted by atomic mass is 35.5. The summed E-state index contributed by atoms with van der Waals surface area (Å²) in [6.07, 6.45) is -4.66. The molecule has 0 saturated heterocycles. The predicted octanol–water partition coefficient (Wildman–Crippen LogP) is 5.06. The van der Waals surface area contributed by atoms with Crippen LogP contribution in [-0.2, 0) is 15.8 Å². The molecule has 10 heteroatoms. The van der Waals surface area contributed by atoms with Gasteiger partial charge in [-0.3, -0.25) is 9.59 Å². The fourth-order valence-corrected chi connectivity index (χ4v) is 3.38. The third kappa shape index (κ3) is 5.67. The number of carbonyl (C=O) groups is 2. The second kappa shape index (κ2) is 9.44. The lowest BCUT2D eigenvalue weighted by atomic mass is 10.0. The number of aromatic nitrogens is 2. The average Bonchev–Trinajstić information content (AvgIpc) is 3.07. The van der Waals surface area contributed by atoms with Crippen LogP contribution in [0, 0.1) is 6.92 Å². The molecule has 2 amide bonds. The molecule has 0 aliphatic heterocycles. The normalized spacial score (nSPS) is 12.3. The van der Waals surface area contributed by atoms with Gasteiger partial charge < -0.3 is 10.6 Å². The van der Waals surface area contributed by atoms with Crippen LogP contribution in [-0.4, -0.2) is 21.6 Å². The van der Waals surface area contributed by atoms with Crippen LogP contribution in [0.2, 0.25) is 5.02 Å². The van der Waals surface area contributed by atoms with Crippen LogP contribution in [0.25, 0.3) is 5.69 Å². The third-order valence-corrected chi connectivity index (χ3v) is 4.89. The van der Waals surface area contributed by atoms with Gasteiger partial charge in [-0.15, -0.1) is 0 Å². The Hall–Kier alpha value is -3.33. The fraction of sp³-hybridized carbons (Fsp3) is 0.227. The van der Waals surface area contributed by atoms with Gasteiger partial charge in [-0.1, -0.05) is 41.9 Å². The van der Waals surface area contributed by atoms with Crippen molar-refractivity contribution in [3.05, 3.63) is 76.4 Å². The van der Waals surface area contributed by atoms with Gasteiger partial charge in [0, 0.05) is 13.0 Å². The Morgan fingerprint density at radius 3 is 2.44 bits per heavy atom. The quantitative estimate of drug-likeness (QED) is 0.535. The lowest BCUT2D eigenvalue weighted by Gasteiger charge is -2.18. The van der Waals surface area contributed by atoms with E-state index in [1.54, 1.807) is 31.2 Å². The lowest BCUT2D eigenvalue weighted by Crippen LogP contribution is -2.30. The molecule has 2 aromatic carbocycles. The van der Waals surface area contributed by atoms with Gasteiger partial charge in [0.2, 0.25) is 11.8 Å². The number of nitrogens with one attached hydrogen (secondary N) is 2. The zero-order valence-electron chi connectivity index (χ0n) is 17.2. The van der Waals surface area contributed by atoms with Crippen molar-refractivity contribution in [1.29, 1.82) is 0 Å². The van der Waals surface area contributed by atoms with Gasteiger partial charge in [0.1, 0.15) is 5.82 Å². The van der Waals surface area contributed by atoms with E-state index in [2.05, 4.69) is 15.7 Å². The number of amides is 2. The predicted molar refractivity (Wildman–Crippen MR) is 115 cm³/mol. The van der Waals surface area contributed by atoms with E-state index >= 15 is 0 Å². The van der Waals surface area contributed by atoms with E-state index in [1.165, 1.54) is 13.0 Å². The Kier molecular flexibility index (Phi) is 6.88. The van der Waals surface area contributed by atoms with E-state index in [0.717, 1.165) is 28.4 Å². The molecule has 0 spiro atoms. The largest absolute Gasteiger partial charge is 0.416 e. The summed E-state index contributed by atoms with van der Waals surface area (Å²) in [4.78, 5) is 24.4. The van der Waals surface area contributed by atoms with Crippen LogP contribution in [0.3, 0.4) is 0 Å². The number of alkyl halides is 3. The highest BCUT2D eigenvalue weighted by Crippen LogP contribution is 2.34. The van der Waals surface area contributed by atoms with Gasteiger partial charge in [0.15, 0.2) is 0 Å². The Morgan fingerprint density at radius 2 is 1.81 bits per heavy atom. The van der Waals surface area contributed by atoms with E-state index in [4.69, 9.17) is 11.6 Å². The van der Waals surface area contributed by atoms with Crippen molar-refractivity contribution in [2.24, 2.45) is 0 Å². The number of halogens is 4.